The van der Waals surface area contributed by atoms with E-state index in [-0.39, 0.29) is 12.6 Å². The van der Waals surface area contributed by atoms with E-state index in [0.717, 1.165) is 5.56 Å². The van der Waals surface area contributed by atoms with Gasteiger partial charge >= 0.3 is 0 Å². The number of para-hydroxylation sites is 1. The Bertz CT molecular complexity index is 334. The lowest BCUT2D eigenvalue weighted by atomic mass is 10.0. The molecule has 0 amide bonds. The Morgan fingerprint density at radius 1 is 1.29 bits per heavy atom. The van der Waals surface area contributed by atoms with Crippen LogP contribution in [0.15, 0.2) is 24.3 Å². The first kappa shape index (κ1) is 13.9. The maximum Gasteiger partial charge on any atom is 0.261 e. The van der Waals surface area contributed by atoms with Crippen LogP contribution in [-0.4, -0.2) is 26.7 Å². The highest BCUT2D eigenvalue weighted by Gasteiger charge is 2.11. The molecule has 0 aromatic heterocycles. The minimum absolute atomic E-state index is 0.212. The van der Waals surface area contributed by atoms with E-state index in [0.29, 0.717) is 12.2 Å². The van der Waals surface area contributed by atoms with E-state index in [1.54, 1.807) is 7.11 Å². The first-order valence-corrected chi connectivity index (χ1v) is 5.39. The summed E-state index contributed by atoms with van der Waals surface area (Å²) in [4.78, 5) is 0. The summed E-state index contributed by atoms with van der Waals surface area (Å²) in [6.07, 6.45) is -1.95. The first-order chi connectivity index (χ1) is 8.15. The summed E-state index contributed by atoms with van der Waals surface area (Å²) in [6, 6.07) is 7.11. The number of benzene rings is 1. The van der Waals surface area contributed by atoms with Crippen LogP contribution in [0.25, 0.3) is 0 Å². The molecule has 2 N–H and O–H groups in total. The largest absolute Gasteiger partial charge is 0.496 e. The molecule has 17 heavy (non-hydrogen) atoms. The fraction of sp³-hybridized carbons (Fsp3) is 0.500. The number of nitrogens with two attached hydrogens (primary N) is 1. The van der Waals surface area contributed by atoms with Crippen LogP contribution in [0.5, 0.6) is 5.75 Å². The molecule has 1 unspecified atom stereocenters. The molecule has 1 aromatic rings. The van der Waals surface area contributed by atoms with E-state index in [9.17, 15) is 8.78 Å². The Hall–Kier alpha value is -1.20. The average molecular weight is 245 g/mol. The number of hydrogen-bond donors (Lipinski definition) is 1. The maximum atomic E-state index is 11.8. The number of alkyl halides is 2. The van der Waals surface area contributed by atoms with Gasteiger partial charge in [0.25, 0.3) is 6.43 Å². The molecule has 0 saturated heterocycles. The minimum Gasteiger partial charge on any atom is -0.496 e. The topological polar surface area (TPSA) is 44.5 Å². The molecule has 0 spiro atoms. The molecule has 0 fully saturated rings. The number of hydrogen-bond acceptors (Lipinski definition) is 3. The number of ether oxygens (including phenoxy) is 2. The quantitative estimate of drug-likeness (QED) is 0.750. The molecule has 1 aromatic carbocycles. The summed E-state index contributed by atoms with van der Waals surface area (Å²) < 4.78 is 33.6. The fourth-order valence-electron chi connectivity index (χ4n) is 1.51. The standard InChI is InChI=1S/C12H17F2NO2/c1-16-11-5-3-2-4-9(11)10(15)6-7-17-8-12(13)14/h2-5,10,12H,6-8,15H2,1H3. The lowest BCUT2D eigenvalue weighted by Gasteiger charge is -2.15. The second-order valence-corrected chi connectivity index (χ2v) is 3.60. The normalized spacial score (nSPS) is 12.8. The summed E-state index contributed by atoms with van der Waals surface area (Å²) in [5.41, 5.74) is 6.80. The van der Waals surface area contributed by atoms with Crippen molar-refractivity contribution in [3.8, 4) is 5.75 Å². The maximum absolute atomic E-state index is 11.8. The highest BCUT2D eigenvalue weighted by Crippen LogP contribution is 2.24. The SMILES string of the molecule is COc1ccccc1C(N)CCOCC(F)F. The highest BCUT2D eigenvalue weighted by molar-refractivity contribution is 5.35. The van der Waals surface area contributed by atoms with Gasteiger partial charge in [0.1, 0.15) is 12.4 Å². The van der Waals surface area contributed by atoms with E-state index >= 15 is 0 Å². The molecular formula is C12H17F2NO2. The van der Waals surface area contributed by atoms with Crippen molar-refractivity contribution in [2.75, 3.05) is 20.3 Å². The molecule has 0 aliphatic carbocycles. The van der Waals surface area contributed by atoms with Gasteiger partial charge in [0.05, 0.1) is 7.11 Å². The molecule has 0 aliphatic heterocycles. The van der Waals surface area contributed by atoms with Crippen LogP contribution < -0.4 is 10.5 Å². The van der Waals surface area contributed by atoms with Crippen molar-refractivity contribution in [2.45, 2.75) is 18.9 Å². The Morgan fingerprint density at radius 3 is 2.65 bits per heavy atom. The van der Waals surface area contributed by atoms with E-state index in [2.05, 4.69) is 0 Å². The van der Waals surface area contributed by atoms with Crippen LogP contribution in [0, 0.1) is 0 Å². The van der Waals surface area contributed by atoms with Gasteiger partial charge in [-0.05, 0) is 12.5 Å². The summed E-state index contributed by atoms with van der Waals surface area (Å²) in [6.45, 7) is -0.331. The molecule has 0 aliphatic rings. The summed E-state index contributed by atoms with van der Waals surface area (Å²) >= 11 is 0. The summed E-state index contributed by atoms with van der Waals surface area (Å²) in [5, 5.41) is 0. The zero-order valence-corrected chi connectivity index (χ0v) is 9.74. The van der Waals surface area contributed by atoms with Gasteiger partial charge in [0.2, 0.25) is 0 Å². The van der Waals surface area contributed by atoms with Gasteiger partial charge in [-0.15, -0.1) is 0 Å². The van der Waals surface area contributed by atoms with Crippen LogP contribution in [0.1, 0.15) is 18.0 Å². The van der Waals surface area contributed by atoms with Crippen LogP contribution in [0.4, 0.5) is 8.78 Å². The molecule has 96 valence electrons. The Balaban J connectivity index is 2.43. The monoisotopic (exact) mass is 245 g/mol. The summed E-state index contributed by atoms with van der Waals surface area (Å²) in [5.74, 6) is 0.703. The van der Waals surface area contributed by atoms with Crippen molar-refractivity contribution in [3.05, 3.63) is 29.8 Å². The Kier molecular flexibility index (Phi) is 5.86. The molecule has 0 heterocycles. The molecule has 5 heteroatoms. The highest BCUT2D eigenvalue weighted by atomic mass is 19.3. The Labute approximate surface area is 99.5 Å². The third kappa shape index (κ3) is 4.66. The van der Waals surface area contributed by atoms with Gasteiger partial charge < -0.3 is 15.2 Å². The molecule has 0 saturated carbocycles. The van der Waals surface area contributed by atoms with Gasteiger partial charge in [0.15, 0.2) is 0 Å². The molecule has 1 atom stereocenters. The van der Waals surface area contributed by atoms with E-state index < -0.39 is 13.0 Å². The number of halogens is 2. The van der Waals surface area contributed by atoms with Gasteiger partial charge in [-0.2, -0.15) is 0 Å². The Morgan fingerprint density at radius 2 is 2.00 bits per heavy atom. The van der Waals surface area contributed by atoms with Gasteiger partial charge in [-0.1, -0.05) is 18.2 Å². The van der Waals surface area contributed by atoms with Crippen molar-refractivity contribution in [2.24, 2.45) is 5.73 Å². The number of rotatable bonds is 7. The summed E-state index contributed by atoms with van der Waals surface area (Å²) in [7, 11) is 1.57. The van der Waals surface area contributed by atoms with E-state index in [1.807, 2.05) is 24.3 Å². The second-order valence-electron chi connectivity index (χ2n) is 3.60. The van der Waals surface area contributed by atoms with Gasteiger partial charge in [-0.25, -0.2) is 8.78 Å². The minimum atomic E-state index is -2.43. The van der Waals surface area contributed by atoms with Gasteiger partial charge in [-0.3, -0.25) is 0 Å². The van der Waals surface area contributed by atoms with Crippen molar-refractivity contribution < 1.29 is 18.3 Å². The van der Waals surface area contributed by atoms with Crippen LogP contribution >= 0.6 is 0 Å². The predicted molar refractivity (Wildman–Crippen MR) is 61.4 cm³/mol. The molecule has 1 rings (SSSR count). The first-order valence-electron chi connectivity index (χ1n) is 5.39. The zero-order valence-electron chi connectivity index (χ0n) is 9.74. The average Bonchev–Trinajstić information content (AvgIpc) is 2.34. The fourth-order valence-corrected chi connectivity index (χ4v) is 1.51. The smallest absolute Gasteiger partial charge is 0.261 e. The van der Waals surface area contributed by atoms with Crippen molar-refractivity contribution in [1.82, 2.24) is 0 Å². The van der Waals surface area contributed by atoms with Crippen molar-refractivity contribution in [1.29, 1.82) is 0 Å². The van der Waals surface area contributed by atoms with Crippen molar-refractivity contribution in [3.63, 3.8) is 0 Å². The lowest BCUT2D eigenvalue weighted by Crippen LogP contribution is -2.15. The van der Waals surface area contributed by atoms with Crippen LogP contribution in [-0.2, 0) is 4.74 Å². The van der Waals surface area contributed by atoms with Crippen molar-refractivity contribution >= 4 is 0 Å². The number of methoxy groups -OCH3 is 1. The van der Waals surface area contributed by atoms with Crippen LogP contribution in [0.2, 0.25) is 0 Å². The van der Waals surface area contributed by atoms with E-state index in [4.69, 9.17) is 15.2 Å². The second kappa shape index (κ2) is 7.19. The molecule has 3 nitrogen and oxygen atoms in total. The van der Waals surface area contributed by atoms with Crippen LogP contribution in [0.3, 0.4) is 0 Å². The third-order valence-electron chi connectivity index (χ3n) is 2.36. The van der Waals surface area contributed by atoms with Gasteiger partial charge in [0, 0.05) is 18.2 Å². The molecular weight excluding hydrogens is 228 g/mol. The zero-order chi connectivity index (χ0) is 12.7. The molecule has 0 radical (unpaired) electrons. The third-order valence-corrected chi connectivity index (χ3v) is 2.36. The molecule has 0 bridgehead atoms. The van der Waals surface area contributed by atoms with E-state index in [1.165, 1.54) is 0 Å². The lowest BCUT2D eigenvalue weighted by molar-refractivity contribution is 0.0152. The predicted octanol–water partition coefficient (Wildman–Crippen LogP) is 2.37.